The Hall–Kier alpha value is -3.38. The molecule has 4 aromatic rings. The highest BCUT2D eigenvalue weighted by Gasteiger charge is 2.18. The molecule has 31 heavy (non-hydrogen) atoms. The third kappa shape index (κ3) is 4.54. The van der Waals surface area contributed by atoms with Crippen molar-refractivity contribution >= 4 is 17.7 Å². The third-order valence-corrected chi connectivity index (χ3v) is 5.93. The molecule has 5 nitrogen and oxygen atoms in total. The van der Waals surface area contributed by atoms with Gasteiger partial charge >= 0.3 is 5.97 Å². The Bertz CT molecular complexity index is 1230. The summed E-state index contributed by atoms with van der Waals surface area (Å²) in [6.07, 6.45) is 0. The van der Waals surface area contributed by atoms with Crippen molar-refractivity contribution < 1.29 is 9.53 Å². The van der Waals surface area contributed by atoms with Crippen LogP contribution < -0.4 is 0 Å². The standard InChI is InChI=1S/C25H23N3O2S/c1-17-8-6-11-19(14-17)23-26-27-25(28(23)21-12-7-9-18(2)15-21)31-16-20-10-4-5-13-22(20)24(29)30-3/h4-15H,16H2,1-3H3. The summed E-state index contributed by atoms with van der Waals surface area (Å²) in [5, 5.41) is 9.78. The zero-order valence-electron chi connectivity index (χ0n) is 17.7. The lowest BCUT2D eigenvalue weighted by Gasteiger charge is -2.12. The molecule has 4 rings (SSSR count). The summed E-state index contributed by atoms with van der Waals surface area (Å²) in [4.78, 5) is 12.1. The first kappa shape index (κ1) is 20.9. The molecule has 0 aliphatic carbocycles. The van der Waals surface area contributed by atoms with Crippen LogP contribution in [0.3, 0.4) is 0 Å². The van der Waals surface area contributed by atoms with Gasteiger partial charge in [-0.3, -0.25) is 4.57 Å². The van der Waals surface area contributed by atoms with Crippen molar-refractivity contribution in [3.63, 3.8) is 0 Å². The van der Waals surface area contributed by atoms with Gasteiger partial charge in [-0.05, 0) is 49.2 Å². The molecule has 3 aromatic carbocycles. The maximum atomic E-state index is 12.1. The van der Waals surface area contributed by atoms with Crippen molar-refractivity contribution in [2.45, 2.75) is 24.8 Å². The van der Waals surface area contributed by atoms with Crippen LogP contribution in [-0.4, -0.2) is 27.8 Å². The fraction of sp³-hybridized carbons (Fsp3) is 0.160. The second kappa shape index (κ2) is 9.18. The van der Waals surface area contributed by atoms with Crippen LogP contribution in [-0.2, 0) is 10.5 Å². The SMILES string of the molecule is COC(=O)c1ccccc1CSc1nnc(-c2cccc(C)c2)n1-c1cccc(C)c1. The van der Waals surface area contributed by atoms with Crippen LogP contribution in [0.4, 0.5) is 0 Å². The molecule has 0 fully saturated rings. The van der Waals surface area contributed by atoms with E-state index in [0.29, 0.717) is 11.3 Å². The number of benzene rings is 3. The first-order valence-corrected chi connectivity index (χ1v) is 10.9. The van der Waals surface area contributed by atoms with Gasteiger partial charge in [-0.1, -0.05) is 65.9 Å². The minimum absolute atomic E-state index is 0.336. The Balaban J connectivity index is 1.75. The summed E-state index contributed by atoms with van der Waals surface area (Å²) >= 11 is 1.54. The molecule has 0 unspecified atom stereocenters. The number of rotatable bonds is 6. The predicted molar refractivity (Wildman–Crippen MR) is 124 cm³/mol. The van der Waals surface area contributed by atoms with Gasteiger partial charge < -0.3 is 4.74 Å². The molecule has 0 aliphatic rings. The fourth-order valence-corrected chi connectivity index (χ4v) is 4.39. The van der Waals surface area contributed by atoms with Crippen molar-refractivity contribution in [2.75, 3.05) is 7.11 Å². The third-order valence-electron chi connectivity index (χ3n) is 4.95. The number of ether oxygens (including phenoxy) is 1. The van der Waals surface area contributed by atoms with Crippen LogP contribution in [0.25, 0.3) is 17.1 Å². The summed E-state index contributed by atoms with van der Waals surface area (Å²) in [5.41, 5.74) is 5.81. The molecule has 1 aromatic heterocycles. The molecule has 156 valence electrons. The molecular formula is C25H23N3O2S. The van der Waals surface area contributed by atoms with Crippen LogP contribution in [0.15, 0.2) is 78.0 Å². The topological polar surface area (TPSA) is 57.0 Å². The Morgan fingerprint density at radius 2 is 1.68 bits per heavy atom. The van der Waals surface area contributed by atoms with Crippen molar-refractivity contribution in [1.29, 1.82) is 0 Å². The van der Waals surface area contributed by atoms with E-state index in [1.165, 1.54) is 7.11 Å². The maximum absolute atomic E-state index is 12.1. The molecule has 0 radical (unpaired) electrons. The zero-order chi connectivity index (χ0) is 21.8. The fourth-order valence-electron chi connectivity index (χ4n) is 3.43. The molecule has 0 spiro atoms. The van der Waals surface area contributed by atoms with Crippen molar-refractivity contribution in [1.82, 2.24) is 14.8 Å². The number of hydrogen-bond donors (Lipinski definition) is 0. The second-order valence-corrected chi connectivity index (χ2v) is 8.23. The Labute approximate surface area is 186 Å². The molecule has 1 heterocycles. The van der Waals surface area contributed by atoms with Crippen molar-refractivity contribution in [2.24, 2.45) is 0 Å². The summed E-state index contributed by atoms with van der Waals surface area (Å²) in [6, 6.07) is 24.0. The Morgan fingerprint density at radius 1 is 0.935 bits per heavy atom. The average Bonchev–Trinajstić information content (AvgIpc) is 3.21. The van der Waals surface area contributed by atoms with E-state index in [1.54, 1.807) is 17.8 Å². The van der Waals surface area contributed by atoms with Gasteiger partial charge in [-0.15, -0.1) is 10.2 Å². The van der Waals surface area contributed by atoms with E-state index in [-0.39, 0.29) is 5.97 Å². The number of hydrogen-bond acceptors (Lipinski definition) is 5. The van der Waals surface area contributed by atoms with Gasteiger partial charge in [0.1, 0.15) is 0 Å². The number of aryl methyl sites for hydroxylation is 2. The van der Waals surface area contributed by atoms with E-state index in [1.807, 2.05) is 36.4 Å². The van der Waals surface area contributed by atoms with E-state index in [4.69, 9.17) is 4.74 Å². The lowest BCUT2D eigenvalue weighted by molar-refractivity contribution is 0.0600. The van der Waals surface area contributed by atoms with Gasteiger partial charge in [-0.25, -0.2) is 4.79 Å². The number of esters is 1. The van der Waals surface area contributed by atoms with Gasteiger partial charge in [0.2, 0.25) is 0 Å². The highest BCUT2D eigenvalue weighted by atomic mass is 32.2. The van der Waals surface area contributed by atoms with E-state index in [0.717, 1.165) is 38.9 Å². The van der Waals surface area contributed by atoms with Crippen LogP contribution in [0.5, 0.6) is 0 Å². The first-order chi connectivity index (χ1) is 15.1. The lowest BCUT2D eigenvalue weighted by atomic mass is 10.1. The van der Waals surface area contributed by atoms with Crippen molar-refractivity contribution in [3.8, 4) is 17.1 Å². The van der Waals surface area contributed by atoms with Gasteiger partial charge in [0.05, 0.1) is 12.7 Å². The largest absolute Gasteiger partial charge is 0.465 e. The van der Waals surface area contributed by atoms with Crippen LogP contribution in [0.1, 0.15) is 27.0 Å². The molecule has 0 aliphatic heterocycles. The molecule has 0 amide bonds. The van der Waals surface area contributed by atoms with E-state index in [9.17, 15) is 4.79 Å². The van der Waals surface area contributed by atoms with Gasteiger partial charge in [0.25, 0.3) is 0 Å². The van der Waals surface area contributed by atoms with Gasteiger partial charge in [-0.2, -0.15) is 0 Å². The molecule has 0 saturated carbocycles. The Kier molecular flexibility index (Phi) is 6.18. The number of nitrogens with zero attached hydrogens (tertiary/aromatic N) is 3. The quantitative estimate of drug-likeness (QED) is 0.294. The molecule has 0 bridgehead atoms. The normalized spacial score (nSPS) is 10.8. The molecule has 0 atom stereocenters. The molecule has 0 saturated heterocycles. The lowest BCUT2D eigenvalue weighted by Crippen LogP contribution is -2.05. The van der Waals surface area contributed by atoms with Crippen LogP contribution in [0.2, 0.25) is 0 Å². The van der Waals surface area contributed by atoms with Crippen molar-refractivity contribution in [3.05, 3.63) is 95.1 Å². The van der Waals surface area contributed by atoms with E-state index < -0.39 is 0 Å². The smallest absolute Gasteiger partial charge is 0.338 e. The number of carbonyl (C=O) groups excluding carboxylic acids is 1. The van der Waals surface area contributed by atoms with Crippen LogP contribution in [0, 0.1) is 13.8 Å². The number of carbonyl (C=O) groups is 1. The summed E-state index contributed by atoms with van der Waals surface area (Å²) < 4.78 is 7.00. The predicted octanol–water partition coefficient (Wildman–Crippen LogP) is 5.63. The molecule has 6 heteroatoms. The summed E-state index contributed by atoms with van der Waals surface area (Å²) in [5.74, 6) is 1.03. The highest BCUT2D eigenvalue weighted by Crippen LogP contribution is 2.31. The molecule has 0 N–H and O–H groups in total. The minimum Gasteiger partial charge on any atom is -0.465 e. The second-order valence-electron chi connectivity index (χ2n) is 7.29. The first-order valence-electron chi connectivity index (χ1n) is 9.95. The van der Waals surface area contributed by atoms with Gasteiger partial charge in [0.15, 0.2) is 11.0 Å². The summed E-state index contributed by atoms with van der Waals surface area (Å²) in [7, 11) is 1.40. The zero-order valence-corrected chi connectivity index (χ0v) is 18.5. The van der Waals surface area contributed by atoms with E-state index >= 15 is 0 Å². The maximum Gasteiger partial charge on any atom is 0.338 e. The number of thioether (sulfide) groups is 1. The molecular weight excluding hydrogens is 406 g/mol. The van der Waals surface area contributed by atoms with Crippen LogP contribution >= 0.6 is 11.8 Å². The monoisotopic (exact) mass is 429 g/mol. The highest BCUT2D eigenvalue weighted by molar-refractivity contribution is 7.98. The average molecular weight is 430 g/mol. The minimum atomic E-state index is -0.336. The Morgan fingerprint density at radius 3 is 2.42 bits per heavy atom. The van der Waals surface area contributed by atoms with E-state index in [2.05, 4.69) is 58.9 Å². The number of methoxy groups -OCH3 is 1. The summed E-state index contributed by atoms with van der Waals surface area (Å²) in [6.45, 7) is 4.13. The van der Waals surface area contributed by atoms with Gasteiger partial charge in [0, 0.05) is 17.0 Å². The number of aromatic nitrogens is 3.